The predicted octanol–water partition coefficient (Wildman–Crippen LogP) is 3.03. The lowest BCUT2D eigenvalue weighted by Gasteiger charge is -2.08. The first kappa shape index (κ1) is 13.6. The Kier molecular flexibility index (Phi) is 3.34. The van der Waals surface area contributed by atoms with Gasteiger partial charge in [-0.2, -0.15) is 5.10 Å². The normalized spacial score (nSPS) is 10.8. The number of hydrogen-bond acceptors (Lipinski definition) is 3. The number of H-pyrrole nitrogens is 1. The number of aromatic nitrogens is 4. The molecule has 0 spiro atoms. The summed E-state index contributed by atoms with van der Waals surface area (Å²) in [5.41, 5.74) is 2.44. The van der Waals surface area contributed by atoms with Crippen molar-refractivity contribution in [3.8, 4) is 16.9 Å². The fourth-order valence-electron chi connectivity index (χ4n) is 2.07. The van der Waals surface area contributed by atoms with Crippen LogP contribution in [0.3, 0.4) is 0 Å². The lowest BCUT2D eigenvalue weighted by Crippen LogP contribution is -1.96. The average molecular weight is 347 g/mol. The van der Waals surface area contributed by atoms with Crippen LogP contribution in [-0.4, -0.2) is 30.8 Å². The van der Waals surface area contributed by atoms with Crippen molar-refractivity contribution in [3.05, 3.63) is 52.7 Å². The van der Waals surface area contributed by atoms with Crippen LogP contribution in [0.15, 0.2) is 41.1 Å². The molecule has 6 nitrogen and oxygen atoms in total. The number of aryl methyl sites for hydroxylation is 1. The highest BCUT2D eigenvalue weighted by Crippen LogP contribution is 2.28. The van der Waals surface area contributed by atoms with Crippen LogP contribution in [-0.2, 0) is 0 Å². The van der Waals surface area contributed by atoms with E-state index in [4.69, 9.17) is 5.11 Å². The minimum atomic E-state index is -1.03. The molecule has 21 heavy (non-hydrogen) atoms. The van der Waals surface area contributed by atoms with E-state index in [1.54, 1.807) is 6.20 Å². The molecular formula is C14H11BrN4O2. The molecule has 0 amide bonds. The lowest BCUT2D eigenvalue weighted by atomic mass is 10.1. The summed E-state index contributed by atoms with van der Waals surface area (Å²) in [6.45, 7) is 1.92. The summed E-state index contributed by atoms with van der Waals surface area (Å²) in [5.74, 6) is -0.144. The molecule has 3 rings (SSSR count). The number of benzene rings is 1. The quantitative estimate of drug-likeness (QED) is 0.763. The zero-order chi connectivity index (χ0) is 15.0. The number of carboxylic acids is 1. The summed E-state index contributed by atoms with van der Waals surface area (Å²) in [6, 6.07) is 7.23. The molecule has 0 saturated carbocycles. The Balaban J connectivity index is 2.01. The summed E-state index contributed by atoms with van der Waals surface area (Å²) < 4.78 is 2.84. The number of hydrogen-bond donors (Lipinski definition) is 2. The molecule has 3 aromatic rings. The predicted molar refractivity (Wildman–Crippen MR) is 80.5 cm³/mol. The van der Waals surface area contributed by atoms with E-state index in [1.165, 1.54) is 6.07 Å². The lowest BCUT2D eigenvalue weighted by molar-refractivity contribution is 0.0690. The molecule has 0 aliphatic rings. The van der Waals surface area contributed by atoms with Crippen LogP contribution in [0.2, 0.25) is 0 Å². The Morgan fingerprint density at radius 3 is 2.76 bits per heavy atom. The van der Waals surface area contributed by atoms with Gasteiger partial charge in [0.25, 0.3) is 0 Å². The highest BCUT2D eigenvalue weighted by Gasteiger charge is 2.11. The van der Waals surface area contributed by atoms with Crippen molar-refractivity contribution in [1.29, 1.82) is 0 Å². The van der Waals surface area contributed by atoms with Crippen molar-refractivity contribution in [3.63, 3.8) is 0 Å². The van der Waals surface area contributed by atoms with Crippen molar-refractivity contribution in [2.24, 2.45) is 0 Å². The second kappa shape index (κ2) is 5.17. The van der Waals surface area contributed by atoms with Gasteiger partial charge in [-0.25, -0.2) is 9.78 Å². The molecule has 0 aliphatic carbocycles. The molecule has 0 unspecified atom stereocenters. The van der Waals surface area contributed by atoms with E-state index in [0.29, 0.717) is 5.69 Å². The van der Waals surface area contributed by atoms with Gasteiger partial charge in [0.15, 0.2) is 0 Å². The summed E-state index contributed by atoms with van der Waals surface area (Å²) in [7, 11) is 0. The summed E-state index contributed by atoms with van der Waals surface area (Å²) >= 11 is 3.53. The molecule has 0 fully saturated rings. The fourth-order valence-corrected chi connectivity index (χ4v) is 2.64. The molecule has 0 aliphatic heterocycles. The molecule has 0 radical (unpaired) electrons. The van der Waals surface area contributed by atoms with E-state index in [1.807, 2.05) is 35.9 Å². The van der Waals surface area contributed by atoms with Crippen LogP contribution in [0.25, 0.3) is 16.9 Å². The van der Waals surface area contributed by atoms with Crippen LogP contribution >= 0.6 is 15.9 Å². The Labute approximate surface area is 128 Å². The standard InChI is InChI=1S/C14H11BrN4O2/c1-8-16-4-5-19(8)13-3-2-9(6-10(13)15)11-7-12(14(20)21)18-17-11/h2-7H,1H3,(H,17,18)(H,20,21). The highest BCUT2D eigenvalue weighted by molar-refractivity contribution is 9.10. The van der Waals surface area contributed by atoms with Gasteiger partial charge in [-0.3, -0.25) is 5.10 Å². The smallest absolute Gasteiger partial charge is 0.353 e. The maximum atomic E-state index is 10.9. The minimum absolute atomic E-state index is 0.0654. The zero-order valence-corrected chi connectivity index (χ0v) is 12.6. The number of nitrogens with one attached hydrogen (secondary N) is 1. The topological polar surface area (TPSA) is 83.8 Å². The van der Waals surface area contributed by atoms with E-state index in [2.05, 4.69) is 31.1 Å². The molecule has 0 atom stereocenters. The summed E-state index contributed by atoms with van der Waals surface area (Å²) in [5, 5.41) is 15.4. The molecule has 2 aromatic heterocycles. The zero-order valence-electron chi connectivity index (χ0n) is 11.0. The number of nitrogens with zero attached hydrogens (tertiary/aromatic N) is 3. The maximum Gasteiger partial charge on any atom is 0.353 e. The molecule has 2 heterocycles. The highest BCUT2D eigenvalue weighted by atomic mass is 79.9. The third-order valence-corrected chi connectivity index (χ3v) is 3.77. The average Bonchev–Trinajstić information content (AvgIpc) is 3.07. The van der Waals surface area contributed by atoms with Crippen molar-refractivity contribution in [1.82, 2.24) is 19.7 Å². The van der Waals surface area contributed by atoms with Gasteiger partial charge < -0.3 is 9.67 Å². The Hall–Kier alpha value is -2.41. The Bertz CT molecular complexity index is 822. The van der Waals surface area contributed by atoms with E-state index in [0.717, 1.165) is 21.5 Å². The molecule has 106 valence electrons. The van der Waals surface area contributed by atoms with Gasteiger partial charge in [0.05, 0.1) is 11.4 Å². The van der Waals surface area contributed by atoms with Crippen LogP contribution in [0, 0.1) is 6.92 Å². The third kappa shape index (κ3) is 2.47. The number of carboxylic acid groups (broad SMARTS) is 1. The largest absolute Gasteiger partial charge is 0.477 e. The monoisotopic (exact) mass is 346 g/mol. The van der Waals surface area contributed by atoms with Gasteiger partial charge in [-0.05, 0) is 41.1 Å². The van der Waals surface area contributed by atoms with E-state index >= 15 is 0 Å². The second-order valence-electron chi connectivity index (χ2n) is 4.48. The number of halogens is 1. The maximum absolute atomic E-state index is 10.9. The van der Waals surface area contributed by atoms with Gasteiger partial charge in [0.2, 0.25) is 0 Å². The number of carbonyl (C=O) groups is 1. The van der Waals surface area contributed by atoms with E-state index in [-0.39, 0.29) is 5.69 Å². The van der Waals surface area contributed by atoms with Crippen LogP contribution in [0.4, 0.5) is 0 Å². The SMILES string of the molecule is Cc1nccn1-c1ccc(-c2cc(C(=O)O)[nH]n2)cc1Br. The molecule has 2 N–H and O–H groups in total. The van der Waals surface area contributed by atoms with E-state index < -0.39 is 5.97 Å². The third-order valence-electron chi connectivity index (χ3n) is 3.14. The van der Waals surface area contributed by atoms with Crippen LogP contribution < -0.4 is 0 Å². The minimum Gasteiger partial charge on any atom is -0.477 e. The molecule has 0 saturated heterocycles. The van der Waals surface area contributed by atoms with Gasteiger partial charge in [0, 0.05) is 22.4 Å². The Morgan fingerprint density at radius 2 is 2.19 bits per heavy atom. The number of rotatable bonds is 3. The summed E-state index contributed by atoms with van der Waals surface area (Å²) in [4.78, 5) is 15.1. The summed E-state index contributed by atoms with van der Waals surface area (Å²) in [6.07, 6.45) is 3.62. The molecule has 0 bridgehead atoms. The second-order valence-corrected chi connectivity index (χ2v) is 5.34. The van der Waals surface area contributed by atoms with Crippen molar-refractivity contribution in [2.75, 3.05) is 0 Å². The number of imidazole rings is 1. The first-order valence-corrected chi connectivity index (χ1v) is 6.94. The number of aromatic carboxylic acids is 1. The number of aromatic amines is 1. The Morgan fingerprint density at radius 1 is 1.38 bits per heavy atom. The van der Waals surface area contributed by atoms with Crippen LogP contribution in [0.5, 0.6) is 0 Å². The van der Waals surface area contributed by atoms with Gasteiger partial charge in [-0.15, -0.1) is 0 Å². The first-order valence-electron chi connectivity index (χ1n) is 6.15. The molecular weight excluding hydrogens is 336 g/mol. The molecule has 1 aromatic carbocycles. The van der Waals surface area contributed by atoms with Crippen molar-refractivity contribution in [2.45, 2.75) is 6.92 Å². The molecule has 7 heteroatoms. The van der Waals surface area contributed by atoms with Crippen molar-refractivity contribution >= 4 is 21.9 Å². The van der Waals surface area contributed by atoms with Gasteiger partial charge >= 0.3 is 5.97 Å². The van der Waals surface area contributed by atoms with Crippen molar-refractivity contribution < 1.29 is 9.90 Å². The van der Waals surface area contributed by atoms with Gasteiger partial charge in [-0.1, -0.05) is 6.07 Å². The fraction of sp³-hybridized carbons (Fsp3) is 0.0714. The van der Waals surface area contributed by atoms with E-state index in [9.17, 15) is 4.79 Å². The van der Waals surface area contributed by atoms with Gasteiger partial charge in [0.1, 0.15) is 11.5 Å². The first-order chi connectivity index (χ1) is 10.1. The van der Waals surface area contributed by atoms with Crippen LogP contribution in [0.1, 0.15) is 16.3 Å².